The molecule has 0 saturated carbocycles. The molecule has 2 fully saturated rings. The molecule has 0 aromatic heterocycles. The van der Waals surface area contributed by atoms with Gasteiger partial charge in [0.05, 0.1) is 24.9 Å². The highest BCUT2D eigenvalue weighted by atomic mass is 19.4. The van der Waals surface area contributed by atoms with Gasteiger partial charge in [-0.2, -0.15) is 13.2 Å². The number of aliphatic hydroxyl groups is 2. The lowest BCUT2D eigenvalue weighted by atomic mass is 9.98. The molecule has 6 rings (SSSR count). The van der Waals surface area contributed by atoms with E-state index in [1.807, 2.05) is 84.7 Å². The highest BCUT2D eigenvalue weighted by Gasteiger charge is 2.47. The number of carbonyl (C=O) groups excluding carboxylic acids is 2. The van der Waals surface area contributed by atoms with Crippen molar-refractivity contribution in [3.05, 3.63) is 125 Å². The number of likely N-dealkylation sites (N-methyl/N-ethyl adjacent to an activating group) is 1. The average Bonchev–Trinajstić information content (AvgIpc) is 3.66. The van der Waals surface area contributed by atoms with Gasteiger partial charge in [0.2, 0.25) is 5.91 Å². The molecule has 286 valence electrons. The Hall–Kier alpha value is -4.79. The van der Waals surface area contributed by atoms with E-state index in [9.17, 15) is 38.1 Å². The first-order valence-corrected chi connectivity index (χ1v) is 17.9. The Bertz CT molecular complexity index is 1890. The first-order chi connectivity index (χ1) is 25.9. The fourth-order valence-corrected chi connectivity index (χ4v) is 7.03. The van der Waals surface area contributed by atoms with Gasteiger partial charge in [-0.3, -0.25) is 9.59 Å². The summed E-state index contributed by atoms with van der Waals surface area (Å²) in [6, 6.07) is 28.2. The second kappa shape index (κ2) is 17.1. The predicted molar refractivity (Wildman–Crippen MR) is 194 cm³/mol. The molecule has 2 saturated heterocycles. The maximum Gasteiger partial charge on any atom is 0.471 e. The summed E-state index contributed by atoms with van der Waals surface area (Å²) in [6.45, 7) is 0.725. The number of benzene rings is 4. The third-order valence-corrected chi connectivity index (χ3v) is 9.84. The van der Waals surface area contributed by atoms with E-state index in [4.69, 9.17) is 9.47 Å². The number of hydrogen-bond acceptors (Lipinski definition) is 8. The number of nitrogens with one attached hydrogen (secondary N) is 1. The minimum absolute atomic E-state index is 0.0664. The van der Waals surface area contributed by atoms with E-state index in [0.29, 0.717) is 36.4 Å². The van der Waals surface area contributed by atoms with Crippen molar-refractivity contribution in [2.24, 2.45) is 0 Å². The van der Waals surface area contributed by atoms with Crippen LogP contribution < -0.4 is 5.32 Å². The zero-order valence-electron chi connectivity index (χ0n) is 29.8. The number of ether oxygens (including phenoxy) is 2. The maximum absolute atomic E-state index is 13.0. The molecule has 4 aromatic carbocycles. The lowest BCUT2D eigenvalue weighted by Crippen LogP contribution is -2.50. The van der Waals surface area contributed by atoms with Crippen LogP contribution in [0.25, 0.3) is 11.1 Å². The number of hydrogen-bond donors (Lipinski definition) is 4. The third-order valence-electron chi connectivity index (χ3n) is 9.84. The van der Waals surface area contributed by atoms with Crippen LogP contribution in [0.3, 0.4) is 0 Å². The van der Waals surface area contributed by atoms with Crippen LogP contribution >= 0.6 is 0 Å². The lowest BCUT2D eigenvalue weighted by molar-refractivity contribution is -0.252. The van der Waals surface area contributed by atoms with Gasteiger partial charge in [-0.25, -0.2) is 0 Å². The Morgan fingerprint density at radius 2 is 1.65 bits per heavy atom. The number of carbonyl (C=O) groups is 2. The molecule has 54 heavy (non-hydrogen) atoms. The van der Waals surface area contributed by atoms with E-state index in [2.05, 4.69) is 5.32 Å². The smallest absolute Gasteiger partial charge is 0.471 e. The minimum atomic E-state index is -5.03. The molecular weight excluding hydrogens is 703 g/mol. The molecule has 5 atom stereocenters. The fourth-order valence-electron chi connectivity index (χ4n) is 7.03. The van der Waals surface area contributed by atoms with Gasteiger partial charge >= 0.3 is 12.1 Å². The molecule has 0 aliphatic carbocycles. The Kier molecular flexibility index (Phi) is 12.3. The molecule has 10 nitrogen and oxygen atoms in total. The normalized spacial score (nSPS) is 20.9. The number of rotatable bonds is 12. The Morgan fingerprint density at radius 1 is 0.926 bits per heavy atom. The summed E-state index contributed by atoms with van der Waals surface area (Å²) in [7, 11) is 1.90. The van der Waals surface area contributed by atoms with Crippen molar-refractivity contribution < 1.29 is 47.6 Å². The highest BCUT2D eigenvalue weighted by Crippen LogP contribution is 2.39. The van der Waals surface area contributed by atoms with Crippen LogP contribution in [-0.2, 0) is 32.2 Å². The summed E-state index contributed by atoms with van der Waals surface area (Å²) in [4.78, 5) is 27.2. The van der Waals surface area contributed by atoms with Gasteiger partial charge < -0.3 is 39.9 Å². The highest BCUT2D eigenvalue weighted by molar-refractivity contribution is 5.90. The summed E-state index contributed by atoms with van der Waals surface area (Å²) in [5.41, 5.74) is 5.63. The third kappa shape index (κ3) is 9.65. The second-order valence-corrected chi connectivity index (χ2v) is 13.9. The van der Waals surface area contributed by atoms with Gasteiger partial charge in [-0.15, -0.1) is 0 Å². The van der Waals surface area contributed by atoms with Gasteiger partial charge in [0.25, 0.3) is 0 Å². The average molecular weight is 748 g/mol. The summed E-state index contributed by atoms with van der Waals surface area (Å²) >= 11 is 0. The first kappa shape index (κ1) is 38.9. The summed E-state index contributed by atoms with van der Waals surface area (Å²) in [5, 5.41) is 32.9. The molecule has 13 heteroatoms. The van der Waals surface area contributed by atoms with Crippen LogP contribution in [0.5, 0.6) is 5.75 Å². The van der Waals surface area contributed by atoms with Gasteiger partial charge in [0.1, 0.15) is 11.8 Å². The number of nitrogens with zero attached hydrogens (tertiary/aromatic N) is 2. The van der Waals surface area contributed by atoms with Gasteiger partial charge in [0.15, 0.2) is 6.29 Å². The predicted octanol–water partition coefficient (Wildman–Crippen LogP) is 5.93. The molecule has 2 amide bonds. The van der Waals surface area contributed by atoms with Crippen molar-refractivity contribution in [2.45, 2.75) is 69.2 Å². The summed E-state index contributed by atoms with van der Waals surface area (Å²) < 4.78 is 52.1. The van der Waals surface area contributed by atoms with Gasteiger partial charge in [0, 0.05) is 38.2 Å². The number of halogens is 3. The SMILES string of the molecule is CN(C[C@H]1C[C@@H](c2ccc(CO)cc2)O[C@@H](c2ccc(-c3cccc(CNC(=O)[C@@H]4CCCN4C(=O)C(F)(F)F)c3)cc2)O1)C[C@@H](O)c1cccc(O)c1. The molecule has 0 radical (unpaired) electrons. The summed E-state index contributed by atoms with van der Waals surface area (Å²) in [6.07, 6.45) is -6.06. The van der Waals surface area contributed by atoms with E-state index in [-0.39, 0.29) is 44.1 Å². The van der Waals surface area contributed by atoms with E-state index >= 15 is 0 Å². The molecule has 2 heterocycles. The Labute approximate surface area is 311 Å². The van der Waals surface area contributed by atoms with E-state index in [1.54, 1.807) is 24.3 Å². The van der Waals surface area contributed by atoms with Crippen molar-refractivity contribution in [3.63, 3.8) is 0 Å². The van der Waals surface area contributed by atoms with Crippen LogP contribution in [0.15, 0.2) is 97.1 Å². The molecule has 4 aromatic rings. The van der Waals surface area contributed by atoms with Crippen LogP contribution in [0.4, 0.5) is 13.2 Å². The molecule has 4 N–H and O–H groups in total. The van der Waals surface area contributed by atoms with Crippen LogP contribution in [0.1, 0.15) is 65.6 Å². The van der Waals surface area contributed by atoms with Crippen molar-refractivity contribution in [2.75, 3.05) is 26.7 Å². The van der Waals surface area contributed by atoms with Crippen LogP contribution in [0.2, 0.25) is 0 Å². The molecule has 0 bridgehead atoms. The molecule has 0 unspecified atom stereocenters. The number of alkyl halides is 3. The van der Waals surface area contributed by atoms with E-state index < -0.39 is 36.4 Å². The minimum Gasteiger partial charge on any atom is -0.508 e. The van der Waals surface area contributed by atoms with Crippen LogP contribution in [-0.4, -0.2) is 81.9 Å². The van der Waals surface area contributed by atoms with Crippen molar-refractivity contribution in [1.82, 2.24) is 15.1 Å². The van der Waals surface area contributed by atoms with E-state index in [0.717, 1.165) is 33.4 Å². The number of phenolic OH excluding ortho intramolecular Hbond substituents is 1. The summed E-state index contributed by atoms with van der Waals surface area (Å²) in [5.74, 6) is -2.53. The number of likely N-dealkylation sites (tertiary alicyclic amines) is 1. The van der Waals surface area contributed by atoms with Gasteiger partial charge in [-0.05, 0) is 71.5 Å². The zero-order chi connectivity index (χ0) is 38.4. The number of phenols is 1. The molecule has 2 aliphatic rings. The molecule has 0 spiro atoms. The van der Waals surface area contributed by atoms with Crippen molar-refractivity contribution in [1.29, 1.82) is 0 Å². The maximum atomic E-state index is 13.0. The van der Waals surface area contributed by atoms with Crippen LogP contribution in [0, 0.1) is 0 Å². The quantitative estimate of drug-likeness (QED) is 0.140. The largest absolute Gasteiger partial charge is 0.508 e. The topological polar surface area (TPSA) is 132 Å². The van der Waals surface area contributed by atoms with E-state index in [1.165, 1.54) is 0 Å². The number of aliphatic hydroxyl groups excluding tert-OH is 2. The van der Waals surface area contributed by atoms with Crippen molar-refractivity contribution in [3.8, 4) is 16.9 Å². The van der Waals surface area contributed by atoms with Crippen molar-refractivity contribution >= 4 is 11.8 Å². The Morgan fingerprint density at radius 3 is 2.35 bits per heavy atom. The zero-order valence-corrected chi connectivity index (χ0v) is 29.8. The first-order valence-electron chi connectivity index (χ1n) is 17.9. The molecular formula is C41H44F3N3O7. The lowest BCUT2D eigenvalue weighted by Gasteiger charge is -2.38. The number of amides is 2. The monoisotopic (exact) mass is 747 g/mol. The fraction of sp³-hybridized carbons (Fsp3) is 0.366. The van der Waals surface area contributed by atoms with Gasteiger partial charge in [-0.1, -0.05) is 78.9 Å². The molecule has 2 aliphatic heterocycles. The standard InChI is InChI=1S/C41H44F3N3O7/c1-46(24-36(50)32-7-3-8-33(49)20-32)23-34-21-37(29-12-10-26(25-48)11-13-29)54-39(53-34)30-16-14-28(15-17-30)31-6-2-5-27(19-31)22-45-38(51)35-9-4-18-47(35)40(52)41(42,43)44/h2-3,5-8,10-17,19-20,34-37,39,48-50H,4,9,18,21-25H2,1H3,(H,45,51)/t34-,35+,36-,37+,39+/m1/s1. The number of aromatic hydroxyl groups is 1. The Balaban J connectivity index is 1.12. The second-order valence-electron chi connectivity index (χ2n) is 13.9.